The summed E-state index contributed by atoms with van der Waals surface area (Å²) in [5, 5.41) is 69.4. The molecule has 3 aliphatic heterocycles. The molecule has 0 aromatic rings. The molecule has 0 amide bonds. The number of cyclic esters (lactones) is 1. The van der Waals surface area contributed by atoms with Gasteiger partial charge in [-0.05, 0) is 75.4 Å². The van der Waals surface area contributed by atoms with Gasteiger partial charge in [-0.1, -0.05) is 20.8 Å². The van der Waals surface area contributed by atoms with Gasteiger partial charge in [-0.3, -0.25) is 9.59 Å². The van der Waals surface area contributed by atoms with Gasteiger partial charge in [0.15, 0.2) is 18.4 Å². The predicted molar refractivity (Wildman–Crippen MR) is 188 cm³/mol. The zero-order valence-electron chi connectivity index (χ0n) is 33.3. The Bertz CT molecular complexity index is 1210. The lowest BCUT2D eigenvalue weighted by atomic mass is 9.72. The molecule has 3 heterocycles. The second-order valence-corrected chi connectivity index (χ2v) is 16.8. The summed E-state index contributed by atoms with van der Waals surface area (Å²) >= 11 is 0. The highest BCUT2D eigenvalue weighted by atomic mass is 16.7. The third-order valence-corrected chi connectivity index (χ3v) is 11.8. The van der Waals surface area contributed by atoms with Crippen LogP contribution in [-0.2, 0) is 38.0 Å². The van der Waals surface area contributed by atoms with E-state index in [2.05, 4.69) is 0 Å². The highest BCUT2D eigenvalue weighted by Crippen LogP contribution is 2.41. The minimum absolute atomic E-state index is 0.0496. The van der Waals surface area contributed by atoms with Gasteiger partial charge in [0.25, 0.3) is 0 Å². The largest absolute Gasteiger partial charge is 0.459 e. The zero-order valence-corrected chi connectivity index (χ0v) is 33.3. The van der Waals surface area contributed by atoms with E-state index < -0.39 is 114 Å². The van der Waals surface area contributed by atoms with E-state index in [1.54, 1.807) is 34.6 Å². The van der Waals surface area contributed by atoms with Crippen LogP contribution in [0.15, 0.2) is 0 Å². The number of carbonyl (C=O) groups excluding carboxylic acids is 2. The van der Waals surface area contributed by atoms with Crippen LogP contribution in [0.4, 0.5) is 0 Å². The molecule has 0 bridgehead atoms. The fourth-order valence-corrected chi connectivity index (χ4v) is 8.49. The topological polar surface area (TPSA) is 214 Å². The van der Waals surface area contributed by atoms with Crippen molar-refractivity contribution in [1.82, 2.24) is 4.90 Å². The first-order valence-corrected chi connectivity index (χ1v) is 18.5. The first kappa shape index (κ1) is 45.1. The average molecular weight is 750 g/mol. The van der Waals surface area contributed by atoms with E-state index in [9.17, 15) is 40.2 Å². The molecule has 15 nitrogen and oxygen atoms in total. The van der Waals surface area contributed by atoms with Gasteiger partial charge in [0, 0.05) is 37.8 Å². The molecule has 0 aromatic heterocycles. The Labute approximate surface area is 308 Å². The molecule has 0 aromatic carbocycles. The van der Waals surface area contributed by atoms with Gasteiger partial charge in [0.05, 0.1) is 47.6 Å². The Morgan fingerprint density at radius 1 is 0.885 bits per heavy atom. The zero-order chi connectivity index (χ0) is 39.9. The Hall–Kier alpha value is -1.34. The molecule has 0 aliphatic carbocycles. The van der Waals surface area contributed by atoms with Crippen LogP contribution < -0.4 is 0 Å². The number of hydrogen-bond acceptors (Lipinski definition) is 15. The summed E-state index contributed by atoms with van der Waals surface area (Å²) < 4.78 is 36.8. The van der Waals surface area contributed by atoms with Gasteiger partial charge in [0.2, 0.25) is 0 Å². The summed E-state index contributed by atoms with van der Waals surface area (Å²) in [6.45, 7) is 15.3. The average Bonchev–Trinajstić information content (AvgIpc) is 3.05. The minimum Gasteiger partial charge on any atom is -0.459 e. The van der Waals surface area contributed by atoms with E-state index >= 15 is 0 Å². The van der Waals surface area contributed by atoms with Crippen LogP contribution in [0, 0.1) is 17.8 Å². The molecule has 15 heteroatoms. The van der Waals surface area contributed by atoms with Crippen molar-refractivity contribution in [3.05, 3.63) is 0 Å². The van der Waals surface area contributed by atoms with Crippen molar-refractivity contribution in [2.24, 2.45) is 17.8 Å². The molecule has 52 heavy (non-hydrogen) atoms. The number of carbonyl (C=O) groups is 2. The summed E-state index contributed by atoms with van der Waals surface area (Å²) in [5.74, 6) is -5.15. The van der Waals surface area contributed by atoms with Gasteiger partial charge < -0.3 is 64.0 Å². The van der Waals surface area contributed by atoms with E-state index in [-0.39, 0.29) is 25.0 Å². The number of hydrogen-bond donors (Lipinski definition) is 6. The molecule has 3 fully saturated rings. The van der Waals surface area contributed by atoms with Gasteiger partial charge in [-0.15, -0.1) is 0 Å². The maximum atomic E-state index is 14.1. The van der Waals surface area contributed by atoms with E-state index in [0.717, 1.165) is 0 Å². The molecule has 0 spiro atoms. The van der Waals surface area contributed by atoms with Crippen LogP contribution in [-0.4, -0.2) is 158 Å². The number of esters is 1. The van der Waals surface area contributed by atoms with Gasteiger partial charge in [-0.2, -0.15) is 0 Å². The summed E-state index contributed by atoms with van der Waals surface area (Å²) in [6, 6.07) is -0.380. The first-order chi connectivity index (χ1) is 23.7. The number of Topliss-reactive ketones (excluding diaryl/α,β-unsaturated/α-hetero) is 1. The minimum atomic E-state index is -2.27. The Balaban J connectivity index is 2.22. The normalized spacial score (nSPS) is 50.5. The Kier molecular flexibility index (Phi) is 14.6. The molecular formula is C37H67NO14. The predicted octanol–water partition coefficient (Wildman–Crippen LogP) is 0.901. The van der Waals surface area contributed by atoms with Crippen LogP contribution in [0.1, 0.15) is 94.9 Å². The van der Waals surface area contributed by atoms with Crippen molar-refractivity contribution in [1.29, 1.82) is 0 Å². The molecule has 3 aliphatic rings. The third-order valence-electron chi connectivity index (χ3n) is 11.8. The van der Waals surface area contributed by atoms with Crippen molar-refractivity contribution >= 4 is 11.8 Å². The van der Waals surface area contributed by atoms with E-state index in [0.29, 0.717) is 6.42 Å². The summed E-state index contributed by atoms with van der Waals surface area (Å²) in [6.07, 6.45) is -11.2. The fourth-order valence-electron chi connectivity index (χ4n) is 8.49. The van der Waals surface area contributed by atoms with Crippen LogP contribution in [0.3, 0.4) is 0 Å². The monoisotopic (exact) mass is 749 g/mol. The second kappa shape index (κ2) is 16.8. The first-order valence-electron chi connectivity index (χ1n) is 18.5. The van der Waals surface area contributed by atoms with Gasteiger partial charge in [0.1, 0.15) is 29.5 Å². The Morgan fingerprint density at radius 3 is 2.02 bits per heavy atom. The van der Waals surface area contributed by atoms with Crippen molar-refractivity contribution in [3.63, 3.8) is 0 Å². The number of aliphatic hydroxyl groups excluding tert-OH is 3. The lowest BCUT2D eigenvalue weighted by molar-refractivity contribution is -0.319. The number of likely N-dealkylation sites (N-methyl/N-ethyl adjacent to an activating group) is 1. The lowest BCUT2D eigenvalue weighted by Gasteiger charge is -2.49. The molecule has 18 atom stereocenters. The SMILES string of the molecule is CC[C@H]1OC(=O)[C@H](C)[C@@H](O[C@H]2C[C@@](C)(OC)[C@@H](O)[C@H](C)O2)[C@H](C)[C@@H](O[C@@H]2O[C@H](C)C[C@H](N(C)C)[C@H]2O)[C@](C)(O)CC(C)(O)C(=O)[C@H](C)[C@@H](O)[C@]1(C)O. The number of aliphatic hydroxyl groups is 6. The quantitative estimate of drug-likeness (QED) is 0.200. The van der Waals surface area contributed by atoms with Crippen LogP contribution in [0.5, 0.6) is 0 Å². The molecule has 0 radical (unpaired) electrons. The summed E-state index contributed by atoms with van der Waals surface area (Å²) in [7, 11) is 5.09. The molecule has 1 unspecified atom stereocenters. The van der Waals surface area contributed by atoms with Crippen LogP contribution >= 0.6 is 0 Å². The van der Waals surface area contributed by atoms with E-state index in [1.807, 2.05) is 25.9 Å². The molecule has 3 saturated heterocycles. The van der Waals surface area contributed by atoms with Crippen molar-refractivity contribution in [2.75, 3.05) is 21.2 Å². The maximum Gasteiger partial charge on any atom is 0.311 e. The Morgan fingerprint density at radius 2 is 1.48 bits per heavy atom. The summed E-state index contributed by atoms with van der Waals surface area (Å²) in [4.78, 5) is 29.8. The highest BCUT2D eigenvalue weighted by Gasteiger charge is 2.55. The number of ether oxygens (including phenoxy) is 6. The fraction of sp³-hybridized carbons (Fsp3) is 0.946. The molecule has 6 N–H and O–H groups in total. The molecular weight excluding hydrogens is 682 g/mol. The van der Waals surface area contributed by atoms with Crippen LogP contribution in [0.25, 0.3) is 0 Å². The number of ketones is 1. The smallest absolute Gasteiger partial charge is 0.311 e. The molecule has 0 saturated carbocycles. The van der Waals surface area contributed by atoms with Crippen LogP contribution in [0.2, 0.25) is 0 Å². The van der Waals surface area contributed by atoms with E-state index in [4.69, 9.17) is 28.4 Å². The molecule has 3 rings (SSSR count). The second-order valence-electron chi connectivity index (χ2n) is 16.8. The van der Waals surface area contributed by atoms with Gasteiger partial charge >= 0.3 is 5.97 Å². The van der Waals surface area contributed by atoms with Crippen molar-refractivity contribution < 1.29 is 68.6 Å². The van der Waals surface area contributed by atoms with Crippen molar-refractivity contribution in [2.45, 2.75) is 185 Å². The maximum absolute atomic E-state index is 14.1. The van der Waals surface area contributed by atoms with Crippen molar-refractivity contribution in [3.8, 4) is 0 Å². The third kappa shape index (κ3) is 9.36. The standard InChI is InChI=1S/C37H67NO14/c1-14-24-37(10,46)29(41)21(5)28(40)34(7,44)17-35(8,45)31(52-33-26(39)23(38(11)12)15-18(2)48-33)19(3)27(20(4)32(43)50-24)51-25-16-36(9,47-13)30(42)22(6)49-25/h18-27,29-31,33,39,41-42,44-46H,14-17H2,1-13H3/t18-,19+,20-,21+,22+,23+,24-,25+,26-,27+,29-,30+,31-,33+,34?,35-,36-,37-/m1/s1. The number of methoxy groups -OCH3 is 1. The van der Waals surface area contributed by atoms with E-state index in [1.165, 1.54) is 34.8 Å². The van der Waals surface area contributed by atoms with Gasteiger partial charge in [-0.25, -0.2) is 0 Å². The molecule has 304 valence electrons. The number of nitrogens with zero attached hydrogens (tertiary/aromatic N) is 1. The lowest BCUT2D eigenvalue weighted by Crippen LogP contribution is -2.63. The number of rotatable bonds is 7. The summed E-state index contributed by atoms with van der Waals surface area (Å²) in [5.41, 5.74) is -7.56. The highest BCUT2D eigenvalue weighted by molar-refractivity contribution is 5.89.